The minimum Gasteiger partial charge on any atom is -0.493 e. The molecule has 1 saturated heterocycles. The number of carbonyl (C=O) groups excluding carboxylic acids is 1. The molecule has 0 radical (unpaired) electrons. The fourth-order valence-corrected chi connectivity index (χ4v) is 2.48. The number of nitrogens with one attached hydrogen (secondary N) is 1. The Morgan fingerprint density at radius 2 is 2.18 bits per heavy atom. The molecule has 1 N–H and O–H groups in total. The monoisotopic (exact) mass is 306 g/mol. The number of hydrogen-bond donors (Lipinski definition) is 1. The number of carbonyl (C=O) groups is 1. The van der Waals surface area contributed by atoms with Crippen LogP contribution in [-0.4, -0.2) is 50.2 Å². The quantitative estimate of drug-likeness (QED) is 0.906. The molecule has 1 heterocycles. The van der Waals surface area contributed by atoms with Crippen LogP contribution >= 0.6 is 0 Å². The summed E-state index contributed by atoms with van der Waals surface area (Å²) in [7, 11) is 1.60. The molecule has 0 saturated carbocycles. The Hall–Kier alpha value is -1.75. The van der Waals surface area contributed by atoms with Gasteiger partial charge in [-0.25, -0.2) is 0 Å². The van der Waals surface area contributed by atoms with Crippen LogP contribution in [0.3, 0.4) is 0 Å². The standard InChI is InChI=1S/C17H26N2O3/c1-12(2)11-22-15-6-5-14(9-16(15)21-4)17(20)19-8-7-18-13(3)10-19/h5-6,9,12-13,18H,7-8,10-11H2,1-4H3. The summed E-state index contributed by atoms with van der Waals surface area (Å²) in [5.74, 6) is 1.77. The fraction of sp³-hybridized carbons (Fsp3) is 0.588. The molecule has 1 fully saturated rings. The molecule has 1 aliphatic rings. The zero-order valence-electron chi connectivity index (χ0n) is 13.9. The molecule has 1 aromatic carbocycles. The Morgan fingerprint density at radius 1 is 1.41 bits per heavy atom. The van der Waals surface area contributed by atoms with Crippen molar-refractivity contribution in [3.05, 3.63) is 23.8 Å². The van der Waals surface area contributed by atoms with Gasteiger partial charge in [-0.2, -0.15) is 0 Å². The Morgan fingerprint density at radius 3 is 2.82 bits per heavy atom. The number of nitrogens with zero attached hydrogens (tertiary/aromatic N) is 1. The number of piperazine rings is 1. The van der Waals surface area contributed by atoms with Crippen molar-refractivity contribution in [3.63, 3.8) is 0 Å². The first-order chi connectivity index (χ1) is 10.5. The lowest BCUT2D eigenvalue weighted by Crippen LogP contribution is -2.51. The summed E-state index contributed by atoms with van der Waals surface area (Å²) in [6.07, 6.45) is 0. The number of ether oxygens (including phenoxy) is 2. The van der Waals surface area contributed by atoms with Crippen molar-refractivity contribution in [2.24, 2.45) is 5.92 Å². The largest absolute Gasteiger partial charge is 0.493 e. The predicted octanol–water partition coefficient (Wildman–Crippen LogP) is 2.16. The van der Waals surface area contributed by atoms with Gasteiger partial charge in [-0.1, -0.05) is 13.8 Å². The minimum absolute atomic E-state index is 0.0436. The number of benzene rings is 1. The highest BCUT2D eigenvalue weighted by Crippen LogP contribution is 2.29. The molecule has 5 heteroatoms. The van der Waals surface area contributed by atoms with E-state index < -0.39 is 0 Å². The van der Waals surface area contributed by atoms with Crippen LogP contribution in [-0.2, 0) is 0 Å². The van der Waals surface area contributed by atoms with Gasteiger partial charge >= 0.3 is 0 Å². The average Bonchev–Trinajstić information content (AvgIpc) is 2.52. The maximum atomic E-state index is 12.6. The highest BCUT2D eigenvalue weighted by molar-refractivity contribution is 5.95. The fourth-order valence-electron chi connectivity index (χ4n) is 2.48. The zero-order chi connectivity index (χ0) is 16.1. The molecule has 1 aromatic rings. The van der Waals surface area contributed by atoms with Gasteiger partial charge in [0, 0.05) is 31.2 Å². The summed E-state index contributed by atoms with van der Waals surface area (Å²) in [5.41, 5.74) is 0.642. The molecular weight excluding hydrogens is 280 g/mol. The Kier molecular flexibility index (Phi) is 5.66. The molecule has 1 unspecified atom stereocenters. The van der Waals surface area contributed by atoms with Gasteiger partial charge in [-0.05, 0) is 31.0 Å². The molecular formula is C17H26N2O3. The van der Waals surface area contributed by atoms with Crippen molar-refractivity contribution in [3.8, 4) is 11.5 Å². The number of hydrogen-bond acceptors (Lipinski definition) is 4. The van der Waals surface area contributed by atoms with Gasteiger partial charge < -0.3 is 19.7 Å². The van der Waals surface area contributed by atoms with E-state index in [4.69, 9.17) is 9.47 Å². The molecule has 2 rings (SSSR count). The van der Waals surface area contributed by atoms with E-state index in [1.54, 1.807) is 13.2 Å². The van der Waals surface area contributed by atoms with Crippen LogP contribution < -0.4 is 14.8 Å². The molecule has 1 amide bonds. The normalized spacial score (nSPS) is 18.4. The second kappa shape index (κ2) is 7.49. The van der Waals surface area contributed by atoms with Crippen molar-refractivity contribution in [1.82, 2.24) is 10.2 Å². The average molecular weight is 306 g/mol. The second-order valence-corrected chi connectivity index (χ2v) is 6.18. The van der Waals surface area contributed by atoms with Gasteiger partial charge in [-0.3, -0.25) is 4.79 Å². The summed E-state index contributed by atoms with van der Waals surface area (Å²) in [4.78, 5) is 14.5. The van der Waals surface area contributed by atoms with Gasteiger partial charge in [-0.15, -0.1) is 0 Å². The zero-order valence-corrected chi connectivity index (χ0v) is 13.9. The lowest BCUT2D eigenvalue weighted by molar-refractivity contribution is 0.0708. The lowest BCUT2D eigenvalue weighted by atomic mass is 10.1. The molecule has 0 bridgehead atoms. The third-order valence-electron chi connectivity index (χ3n) is 3.64. The first-order valence-corrected chi connectivity index (χ1v) is 7.84. The smallest absolute Gasteiger partial charge is 0.254 e. The molecule has 1 atom stereocenters. The van der Waals surface area contributed by atoms with Crippen LogP contribution in [0.1, 0.15) is 31.1 Å². The molecule has 122 valence electrons. The third kappa shape index (κ3) is 4.13. The van der Waals surface area contributed by atoms with E-state index in [1.165, 1.54) is 0 Å². The molecule has 1 aliphatic heterocycles. The summed E-state index contributed by atoms with van der Waals surface area (Å²) in [6.45, 7) is 9.19. The lowest BCUT2D eigenvalue weighted by Gasteiger charge is -2.32. The molecule has 0 aromatic heterocycles. The van der Waals surface area contributed by atoms with Crippen LogP contribution in [0, 0.1) is 5.92 Å². The third-order valence-corrected chi connectivity index (χ3v) is 3.64. The SMILES string of the molecule is COc1cc(C(=O)N2CCNC(C)C2)ccc1OCC(C)C. The van der Waals surface area contributed by atoms with Gasteiger partial charge in [0.05, 0.1) is 13.7 Å². The maximum absolute atomic E-state index is 12.6. The van der Waals surface area contributed by atoms with Crippen LogP contribution in [0.4, 0.5) is 0 Å². The number of amides is 1. The molecule has 22 heavy (non-hydrogen) atoms. The van der Waals surface area contributed by atoms with E-state index >= 15 is 0 Å². The summed E-state index contributed by atoms with van der Waals surface area (Å²) < 4.78 is 11.1. The van der Waals surface area contributed by atoms with Gasteiger partial charge in [0.25, 0.3) is 5.91 Å². The number of rotatable bonds is 5. The maximum Gasteiger partial charge on any atom is 0.254 e. The van der Waals surface area contributed by atoms with E-state index in [0.29, 0.717) is 35.6 Å². The van der Waals surface area contributed by atoms with E-state index in [9.17, 15) is 4.79 Å². The van der Waals surface area contributed by atoms with E-state index in [2.05, 4.69) is 26.1 Å². The van der Waals surface area contributed by atoms with Crippen LogP contribution in [0.2, 0.25) is 0 Å². The topological polar surface area (TPSA) is 50.8 Å². The van der Waals surface area contributed by atoms with E-state index in [0.717, 1.165) is 19.6 Å². The van der Waals surface area contributed by atoms with Crippen molar-refractivity contribution in [2.75, 3.05) is 33.4 Å². The van der Waals surface area contributed by atoms with Crippen LogP contribution in [0.25, 0.3) is 0 Å². The molecule has 0 aliphatic carbocycles. The second-order valence-electron chi connectivity index (χ2n) is 6.18. The van der Waals surface area contributed by atoms with Crippen LogP contribution in [0.15, 0.2) is 18.2 Å². The van der Waals surface area contributed by atoms with Crippen LogP contribution in [0.5, 0.6) is 11.5 Å². The highest BCUT2D eigenvalue weighted by Gasteiger charge is 2.22. The minimum atomic E-state index is 0.0436. The van der Waals surface area contributed by atoms with Crippen molar-refractivity contribution < 1.29 is 14.3 Å². The van der Waals surface area contributed by atoms with E-state index in [-0.39, 0.29) is 5.91 Å². The van der Waals surface area contributed by atoms with Gasteiger partial charge in [0.2, 0.25) is 0 Å². The first kappa shape index (κ1) is 16.6. The summed E-state index contributed by atoms with van der Waals surface area (Å²) in [5, 5.41) is 3.34. The first-order valence-electron chi connectivity index (χ1n) is 7.84. The van der Waals surface area contributed by atoms with Gasteiger partial charge in [0.1, 0.15) is 0 Å². The summed E-state index contributed by atoms with van der Waals surface area (Å²) in [6, 6.07) is 5.73. The Bertz CT molecular complexity index is 517. The van der Waals surface area contributed by atoms with Gasteiger partial charge in [0.15, 0.2) is 11.5 Å². The van der Waals surface area contributed by atoms with Crippen molar-refractivity contribution >= 4 is 5.91 Å². The Balaban J connectivity index is 2.12. The van der Waals surface area contributed by atoms with E-state index in [1.807, 2.05) is 17.0 Å². The predicted molar refractivity (Wildman–Crippen MR) is 86.7 cm³/mol. The molecule has 5 nitrogen and oxygen atoms in total. The molecule has 0 spiro atoms. The Labute approximate surface area is 132 Å². The van der Waals surface area contributed by atoms with Crippen molar-refractivity contribution in [2.45, 2.75) is 26.8 Å². The highest BCUT2D eigenvalue weighted by atomic mass is 16.5. The van der Waals surface area contributed by atoms with Crippen molar-refractivity contribution in [1.29, 1.82) is 0 Å². The summed E-state index contributed by atoms with van der Waals surface area (Å²) >= 11 is 0. The number of methoxy groups -OCH3 is 1.